The van der Waals surface area contributed by atoms with E-state index < -0.39 is 67.3 Å². The summed E-state index contributed by atoms with van der Waals surface area (Å²) in [5.41, 5.74) is 0. The van der Waals surface area contributed by atoms with Crippen LogP contribution in [-0.4, -0.2) is 89.2 Å². The number of hydrogen-bond donors (Lipinski definition) is 3. The number of carboxylic acids is 1. The molecule has 12 nitrogen and oxygen atoms in total. The van der Waals surface area contributed by atoms with Crippen LogP contribution in [0.5, 0.6) is 0 Å². The monoisotopic (exact) mass is 1110 g/mol. The van der Waals surface area contributed by atoms with Gasteiger partial charge in [-0.15, -0.1) is 0 Å². The summed E-state index contributed by atoms with van der Waals surface area (Å²) in [7, 11) is 0. The number of aliphatic hydroxyl groups excluding tert-OH is 2. The number of carbonyl (C=O) groups excluding carboxylic acids is 3. The summed E-state index contributed by atoms with van der Waals surface area (Å²) in [6.07, 6.45) is 54.9. The SMILES string of the molecule is CC/C=C\C/C=C\C/C=C\CCCCCCCCCC(=O)OCC(COC1OC(C(=O)O)C(O)C(O)C1OC(=O)CCCCCCCCC/C=C\CCCCCCCC)OC(=O)CCCCCCCCCCCCCCCCC. The van der Waals surface area contributed by atoms with E-state index >= 15 is 0 Å². The second kappa shape index (κ2) is 55.2. The number of unbranched alkanes of at least 4 members (excludes halogenated alkanes) is 34. The molecule has 0 aromatic heterocycles. The van der Waals surface area contributed by atoms with E-state index in [9.17, 15) is 34.5 Å². The van der Waals surface area contributed by atoms with Gasteiger partial charge in [-0.25, -0.2) is 4.79 Å². The van der Waals surface area contributed by atoms with E-state index in [1.165, 1.54) is 141 Å². The fourth-order valence-electron chi connectivity index (χ4n) is 9.91. The van der Waals surface area contributed by atoms with Crippen molar-refractivity contribution in [2.24, 2.45) is 0 Å². The minimum atomic E-state index is -1.90. The van der Waals surface area contributed by atoms with Gasteiger partial charge in [-0.2, -0.15) is 0 Å². The van der Waals surface area contributed by atoms with Gasteiger partial charge in [-0.3, -0.25) is 14.4 Å². The highest BCUT2D eigenvalue weighted by molar-refractivity contribution is 5.74. The number of carbonyl (C=O) groups is 4. The summed E-state index contributed by atoms with van der Waals surface area (Å²) < 4.78 is 28.5. The number of ether oxygens (including phenoxy) is 5. The minimum absolute atomic E-state index is 0.0571. The summed E-state index contributed by atoms with van der Waals surface area (Å²) in [5.74, 6) is -3.11. The molecule has 0 radical (unpaired) electrons. The molecule has 1 rings (SSSR count). The number of aliphatic carboxylic acids is 1. The number of allylic oxidation sites excluding steroid dienone is 8. The molecule has 0 bridgehead atoms. The van der Waals surface area contributed by atoms with E-state index in [1.54, 1.807) is 0 Å². The van der Waals surface area contributed by atoms with Gasteiger partial charge in [0.1, 0.15) is 18.8 Å². The minimum Gasteiger partial charge on any atom is -0.479 e. The summed E-state index contributed by atoms with van der Waals surface area (Å²) in [6, 6.07) is 0. The first-order valence-corrected chi connectivity index (χ1v) is 32.6. The lowest BCUT2D eigenvalue weighted by Crippen LogP contribution is -2.61. The summed E-state index contributed by atoms with van der Waals surface area (Å²) in [6.45, 7) is 5.91. The Hall–Kier alpha value is -3.32. The van der Waals surface area contributed by atoms with Crippen LogP contribution in [0.3, 0.4) is 0 Å². The molecule has 0 saturated carbocycles. The molecule has 0 aromatic carbocycles. The molecule has 79 heavy (non-hydrogen) atoms. The maximum absolute atomic E-state index is 13.2. The zero-order chi connectivity index (χ0) is 57.5. The third kappa shape index (κ3) is 45.0. The molecule has 1 aliphatic heterocycles. The normalized spacial score (nSPS) is 18.1. The van der Waals surface area contributed by atoms with E-state index in [0.717, 1.165) is 103 Å². The van der Waals surface area contributed by atoms with Crippen LogP contribution in [0.1, 0.15) is 303 Å². The van der Waals surface area contributed by atoms with Gasteiger partial charge < -0.3 is 39.0 Å². The van der Waals surface area contributed by atoms with Gasteiger partial charge in [0.2, 0.25) is 0 Å². The second-order valence-electron chi connectivity index (χ2n) is 22.4. The van der Waals surface area contributed by atoms with Crippen LogP contribution < -0.4 is 0 Å². The van der Waals surface area contributed by atoms with E-state index in [0.29, 0.717) is 19.3 Å². The molecule has 12 heteroatoms. The molecule has 0 spiro atoms. The Balaban J connectivity index is 2.65. The second-order valence-corrected chi connectivity index (χ2v) is 22.4. The van der Waals surface area contributed by atoms with E-state index in [2.05, 4.69) is 69.4 Å². The fourth-order valence-corrected chi connectivity index (χ4v) is 9.91. The molecule has 1 heterocycles. The zero-order valence-electron chi connectivity index (χ0n) is 50.6. The molecule has 0 aliphatic carbocycles. The molecule has 458 valence electrons. The van der Waals surface area contributed by atoms with Crippen molar-refractivity contribution in [3.8, 4) is 0 Å². The van der Waals surface area contributed by atoms with Crippen molar-refractivity contribution in [1.82, 2.24) is 0 Å². The third-order valence-electron chi connectivity index (χ3n) is 14.9. The molecule has 3 N–H and O–H groups in total. The molecule has 6 unspecified atom stereocenters. The first kappa shape index (κ1) is 73.7. The number of carboxylic acid groups (broad SMARTS) is 1. The standard InChI is InChI=1S/C67H118O12/c1-4-7-10-13-16-19-22-25-28-30-33-35-38-41-44-47-50-53-59(68)75-56-58(77-60(69)54-51-48-45-42-39-36-32-27-24-21-18-15-12-9-6-3)57-76-67-65(63(72)62(71)64(79-67)66(73)74)78-61(70)55-52-49-46-43-40-37-34-31-29-26-23-20-17-14-11-8-5-2/h7,10,16,19,25-26,28-29,58,62-65,67,71-72H,4-6,8-9,11-15,17-18,20-24,27,30-57H2,1-3H3,(H,73,74)/b10-7-,19-16-,28-25-,29-26-. The first-order valence-electron chi connectivity index (χ1n) is 32.6. The summed E-state index contributed by atoms with van der Waals surface area (Å²) in [5, 5.41) is 31.6. The highest BCUT2D eigenvalue weighted by Crippen LogP contribution is 2.27. The highest BCUT2D eigenvalue weighted by atomic mass is 16.7. The lowest BCUT2D eigenvalue weighted by atomic mass is 9.98. The molecule has 1 aliphatic rings. The van der Waals surface area contributed by atoms with E-state index in [-0.39, 0.29) is 25.9 Å². The topological polar surface area (TPSA) is 175 Å². The maximum Gasteiger partial charge on any atom is 0.335 e. The summed E-state index contributed by atoms with van der Waals surface area (Å²) >= 11 is 0. The molecule has 0 amide bonds. The van der Waals surface area contributed by atoms with Crippen molar-refractivity contribution in [2.45, 2.75) is 340 Å². The van der Waals surface area contributed by atoms with Gasteiger partial charge in [0.05, 0.1) is 6.61 Å². The van der Waals surface area contributed by atoms with Crippen molar-refractivity contribution < 1.29 is 58.2 Å². The molecular weight excluding hydrogens is 997 g/mol. The summed E-state index contributed by atoms with van der Waals surface area (Å²) in [4.78, 5) is 51.3. The van der Waals surface area contributed by atoms with Gasteiger partial charge in [0, 0.05) is 19.3 Å². The van der Waals surface area contributed by atoms with Crippen LogP contribution in [-0.2, 0) is 42.9 Å². The largest absolute Gasteiger partial charge is 0.479 e. The van der Waals surface area contributed by atoms with Crippen LogP contribution in [0.15, 0.2) is 48.6 Å². The molecular formula is C67H118O12. The highest BCUT2D eigenvalue weighted by Gasteiger charge is 2.50. The predicted molar refractivity (Wildman–Crippen MR) is 322 cm³/mol. The Kier molecular flexibility index (Phi) is 51.5. The van der Waals surface area contributed by atoms with Crippen molar-refractivity contribution in [2.75, 3.05) is 13.2 Å². The third-order valence-corrected chi connectivity index (χ3v) is 14.9. The number of hydrogen-bond acceptors (Lipinski definition) is 11. The number of rotatable bonds is 56. The Morgan fingerprint density at radius 1 is 0.430 bits per heavy atom. The van der Waals surface area contributed by atoms with Gasteiger partial charge in [-0.05, 0) is 77.0 Å². The Morgan fingerprint density at radius 3 is 1.23 bits per heavy atom. The average Bonchev–Trinajstić information content (AvgIpc) is 3.47. The smallest absolute Gasteiger partial charge is 0.335 e. The Labute approximate surface area is 482 Å². The van der Waals surface area contributed by atoms with Crippen molar-refractivity contribution in [1.29, 1.82) is 0 Å². The van der Waals surface area contributed by atoms with Crippen molar-refractivity contribution in [3.05, 3.63) is 48.6 Å². The number of esters is 3. The maximum atomic E-state index is 13.2. The van der Waals surface area contributed by atoms with Crippen LogP contribution in [0.2, 0.25) is 0 Å². The van der Waals surface area contributed by atoms with Crippen LogP contribution >= 0.6 is 0 Å². The Morgan fingerprint density at radius 2 is 0.797 bits per heavy atom. The van der Waals surface area contributed by atoms with Crippen LogP contribution in [0.25, 0.3) is 0 Å². The van der Waals surface area contributed by atoms with Gasteiger partial charge in [0.15, 0.2) is 24.6 Å². The fraction of sp³-hybridized carbons (Fsp3) is 0.821. The number of aliphatic hydroxyl groups is 2. The predicted octanol–water partition coefficient (Wildman–Crippen LogP) is 17.3. The molecule has 0 aromatic rings. The molecule has 1 saturated heterocycles. The zero-order valence-corrected chi connectivity index (χ0v) is 50.6. The van der Waals surface area contributed by atoms with Crippen molar-refractivity contribution in [3.63, 3.8) is 0 Å². The van der Waals surface area contributed by atoms with Crippen LogP contribution in [0, 0.1) is 0 Å². The molecule has 6 atom stereocenters. The van der Waals surface area contributed by atoms with Gasteiger partial charge >= 0.3 is 23.9 Å². The van der Waals surface area contributed by atoms with E-state index in [4.69, 9.17) is 23.7 Å². The van der Waals surface area contributed by atoms with Gasteiger partial charge in [0.25, 0.3) is 0 Å². The average molecular weight is 1120 g/mol. The quantitative estimate of drug-likeness (QED) is 0.0228. The van der Waals surface area contributed by atoms with Crippen molar-refractivity contribution >= 4 is 23.9 Å². The lowest BCUT2D eigenvalue weighted by molar-refractivity contribution is -0.301. The lowest BCUT2D eigenvalue weighted by Gasteiger charge is -2.40. The van der Waals surface area contributed by atoms with E-state index in [1.807, 2.05) is 0 Å². The Bertz CT molecular complexity index is 1560. The van der Waals surface area contributed by atoms with Crippen LogP contribution in [0.4, 0.5) is 0 Å². The van der Waals surface area contributed by atoms with Gasteiger partial charge in [-0.1, -0.05) is 256 Å². The first-order chi connectivity index (χ1) is 38.6. The molecule has 1 fully saturated rings.